The first-order valence-electron chi connectivity index (χ1n) is 6.29. The van der Waals surface area contributed by atoms with Gasteiger partial charge in [0.1, 0.15) is 0 Å². The molecule has 1 unspecified atom stereocenters. The van der Waals surface area contributed by atoms with Crippen LogP contribution < -0.4 is 5.32 Å². The van der Waals surface area contributed by atoms with Gasteiger partial charge in [0.05, 0.1) is 0 Å². The number of aryl methyl sites for hydroxylation is 1. The third kappa shape index (κ3) is 6.13. The van der Waals surface area contributed by atoms with Crippen LogP contribution in [0.15, 0.2) is 18.3 Å². The molecule has 0 spiro atoms. The molecule has 0 bridgehead atoms. The van der Waals surface area contributed by atoms with Crippen molar-refractivity contribution in [2.24, 2.45) is 0 Å². The van der Waals surface area contributed by atoms with Gasteiger partial charge in [-0.15, -0.1) is 0 Å². The van der Waals surface area contributed by atoms with Crippen LogP contribution in [0.2, 0.25) is 0 Å². The van der Waals surface area contributed by atoms with Crippen LogP contribution in [0, 0.1) is 6.92 Å². The molecule has 0 saturated heterocycles. The molecule has 0 aliphatic rings. The first-order valence-corrected chi connectivity index (χ1v) is 6.29. The van der Waals surface area contributed by atoms with Gasteiger partial charge in [0.2, 0.25) is 12.3 Å². The van der Waals surface area contributed by atoms with E-state index < -0.39 is 0 Å². The Labute approximate surface area is 109 Å². The van der Waals surface area contributed by atoms with E-state index in [0.717, 1.165) is 11.3 Å². The van der Waals surface area contributed by atoms with Crippen molar-refractivity contribution in [2.45, 2.75) is 46.5 Å². The zero-order chi connectivity index (χ0) is 14.0. The summed E-state index contributed by atoms with van der Waals surface area (Å²) in [5.74, 6) is 0.0347. The normalized spacial score (nSPS) is 10.9. The average molecular weight is 250 g/mol. The number of aromatic nitrogens is 1. The number of imide groups is 1. The van der Waals surface area contributed by atoms with Gasteiger partial charge >= 0.3 is 0 Å². The Balaban J connectivity index is 0.00000137. The summed E-state index contributed by atoms with van der Waals surface area (Å²) in [6.45, 7) is 7.98. The quantitative estimate of drug-likeness (QED) is 0.817. The van der Waals surface area contributed by atoms with Crippen molar-refractivity contribution in [2.75, 3.05) is 0 Å². The van der Waals surface area contributed by atoms with Crippen molar-refractivity contribution in [3.05, 3.63) is 29.6 Å². The van der Waals surface area contributed by atoms with E-state index in [0.29, 0.717) is 19.3 Å². The molecule has 0 saturated carbocycles. The topological polar surface area (TPSA) is 59.1 Å². The summed E-state index contributed by atoms with van der Waals surface area (Å²) in [5, 5.41) is 2.13. The van der Waals surface area contributed by atoms with Crippen LogP contribution in [0.25, 0.3) is 0 Å². The predicted octanol–water partition coefficient (Wildman–Crippen LogP) is 2.57. The standard InChI is InChI=1S/C12H16N2O2.C2H6/c1-9(3-6-12(16)14-8-15)11-5-4-10(2)13-7-11;1-2/h4-5,7-9H,3,6H2,1-2H3,(H,14,15,16);1-2H3. The van der Waals surface area contributed by atoms with Crippen LogP contribution in [0.3, 0.4) is 0 Å². The maximum absolute atomic E-state index is 11.1. The van der Waals surface area contributed by atoms with Crippen LogP contribution in [-0.2, 0) is 9.59 Å². The number of hydrogen-bond donors (Lipinski definition) is 1. The zero-order valence-corrected chi connectivity index (χ0v) is 11.6. The largest absolute Gasteiger partial charge is 0.299 e. The molecular formula is C14H22N2O2. The van der Waals surface area contributed by atoms with Gasteiger partial charge in [0, 0.05) is 18.3 Å². The Morgan fingerprint density at radius 1 is 1.44 bits per heavy atom. The van der Waals surface area contributed by atoms with E-state index in [-0.39, 0.29) is 11.8 Å². The van der Waals surface area contributed by atoms with Gasteiger partial charge < -0.3 is 0 Å². The molecule has 0 aromatic carbocycles. The molecule has 1 rings (SSSR count). The first kappa shape index (κ1) is 16.3. The maximum atomic E-state index is 11.1. The Bertz CT molecular complexity index is 361. The number of carbonyl (C=O) groups excluding carboxylic acids is 2. The minimum atomic E-state index is -0.234. The molecule has 1 aromatic heterocycles. The van der Waals surface area contributed by atoms with Gasteiger partial charge in [-0.1, -0.05) is 26.8 Å². The Kier molecular flexibility index (Phi) is 8.45. The van der Waals surface area contributed by atoms with Crippen LogP contribution in [-0.4, -0.2) is 17.3 Å². The monoisotopic (exact) mass is 250 g/mol. The molecule has 1 heterocycles. The van der Waals surface area contributed by atoms with Gasteiger partial charge in [0.15, 0.2) is 0 Å². The lowest BCUT2D eigenvalue weighted by Gasteiger charge is -2.10. The van der Waals surface area contributed by atoms with Gasteiger partial charge in [-0.25, -0.2) is 0 Å². The molecule has 0 aliphatic heterocycles. The fraction of sp³-hybridized carbons (Fsp3) is 0.500. The van der Waals surface area contributed by atoms with Crippen LogP contribution in [0.5, 0.6) is 0 Å². The Morgan fingerprint density at radius 2 is 2.11 bits per heavy atom. The summed E-state index contributed by atoms with van der Waals surface area (Å²) < 4.78 is 0. The summed E-state index contributed by atoms with van der Waals surface area (Å²) in [6.07, 6.45) is 3.32. The summed E-state index contributed by atoms with van der Waals surface area (Å²) in [7, 11) is 0. The van der Waals surface area contributed by atoms with Gasteiger partial charge in [-0.3, -0.25) is 19.9 Å². The lowest BCUT2D eigenvalue weighted by atomic mass is 9.97. The number of nitrogens with one attached hydrogen (secondary N) is 1. The lowest BCUT2D eigenvalue weighted by Crippen LogP contribution is -2.21. The minimum Gasteiger partial charge on any atom is -0.299 e. The first-order chi connectivity index (χ1) is 8.63. The van der Waals surface area contributed by atoms with Gasteiger partial charge in [0.25, 0.3) is 0 Å². The molecule has 1 atom stereocenters. The van der Waals surface area contributed by atoms with Crippen molar-refractivity contribution in [3.63, 3.8) is 0 Å². The summed E-state index contributed by atoms with van der Waals surface area (Å²) >= 11 is 0. The fourth-order valence-corrected chi connectivity index (χ4v) is 1.42. The second kappa shape index (κ2) is 9.33. The molecule has 4 nitrogen and oxygen atoms in total. The van der Waals surface area contributed by atoms with Crippen molar-refractivity contribution >= 4 is 12.3 Å². The summed E-state index contributed by atoms with van der Waals surface area (Å²) in [5.41, 5.74) is 2.10. The van der Waals surface area contributed by atoms with E-state index in [4.69, 9.17) is 0 Å². The van der Waals surface area contributed by atoms with Crippen LogP contribution >= 0.6 is 0 Å². The number of nitrogens with zero attached hydrogens (tertiary/aromatic N) is 1. The molecule has 4 heteroatoms. The second-order valence-electron chi connectivity index (χ2n) is 3.86. The van der Waals surface area contributed by atoms with Crippen LogP contribution in [0.1, 0.15) is 50.8 Å². The molecule has 0 radical (unpaired) electrons. The third-order valence-corrected chi connectivity index (χ3v) is 2.53. The van der Waals surface area contributed by atoms with E-state index in [1.165, 1.54) is 0 Å². The highest BCUT2D eigenvalue weighted by molar-refractivity contribution is 5.85. The highest BCUT2D eigenvalue weighted by Gasteiger charge is 2.08. The Hall–Kier alpha value is -1.71. The molecule has 18 heavy (non-hydrogen) atoms. The smallest absolute Gasteiger partial charge is 0.226 e. The van der Waals surface area contributed by atoms with Crippen LogP contribution in [0.4, 0.5) is 0 Å². The van der Waals surface area contributed by atoms with Crippen molar-refractivity contribution in [3.8, 4) is 0 Å². The van der Waals surface area contributed by atoms with E-state index in [9.17, 15) is 9.59 Å². The molecule has 1 aromatic rings. The van der Waals surface area contributed by atoms with Gasteiger partial charge in [-0.2, -0.15) is 0 Å². The maximum Gasteiger partial charge on any atom is 0.226 e. The van der Waals surface area contributed by atoms with E-state index >= 15 is 0 Å². The molecule has 2 amide bonds. The molecule has 100 valence electrons. The Morgan fingerprint density at radius 3 is 2.61 bits per heavy atom. The molecule has 0 fully saturated rings. The summed E-state index contributed by atoms with van der Waals surface area (Å²) in [4.78, 5) is 25.3. The number of hydrogen-bond acceptors (Lipinski definition) is 3. The van der Waals surface area contributed by atoms with E-state index in [2.05, 4.69) is 10.3 Å². The molecule has 1 N–H and O–H groups in total. The predicted molar refractivity (Wildman–Crippen MR) is 72.2 cm³/mol. The average Bonchev–Trinajstić information content (AvgIpc) is 2.39. The second-order valence-corrected chi connectivity index (χ2v) is 3.86. The summed E-state index contributed by atoms with van der Waals surface area (Å²) in [6, 6.07) is 3.97. The SMILES string of the molecule is CC.Cc1ccc(C(C)CCC(=O)NC=O)cn1. The van der Waals surface area contributed by atoms with Crippen molar-refractivity contribution in [1.29, 1.82) is 0 Å². The number of carbonyl (C=O) groups is 2. The van der Waals surface area contributed by atoms with Crippen molar-refractivity contribution < 1.29 is 9.59 Å². The number of pyridine rings is 1. The van der Waals surface area contributed by atoms with Gasteiger partial charge in [-0.05, 0) is 30.9 Å². The minimum absolute atomic E-state index is 0.234. The lowest BCUT2D eigenvalue weighted by molar-refractivity contribution is -0.125. The molecule has 0 aliphatic carbocycles. The van der Waals surface area contributed by atoms with E-state index in [1.807, 2.05) is 46.0 Å². The van der Waals surface area contributed by atoms with E-state index in [1.54, 1.807) is 0 Å². The van der Waals surface area contributed by atoms with Crippen molar-refractivity contribution in [1.82, 2.24) is 10.3 Å². The zero-order valence-electron chi connectivity index (χ0n) is 11.6. The third-order valence-electron chi connectivity index (χ3n) is 2.53. The number of rotatable bonds is 5. The highest BCUT2D eigenvalue weighted by Crippen LogP contribution is 2.19. The molecular weight excluding hydrogens is 228 g/mol. The number of amides is 2. The highest BCUT2D eigenvalue weighted by atomic mass is 16.2. The fourth-order valence-electron chi connectivity index (χ4n) is 1.42.